The van der Waals surface area contributed by atoms with Gasteiger partial charge in [0.25, 0.3) is 0 Å². The summed E-state index contributed by atoms with van der Waals surface area (Å²) >= 11 is 0. The first-order chi connectivity index (χ1) is 8.20. The molecular formula is C12H23N3O2. The van der Waals surface area contributed by atoms with E-state index in [-0.39, 0.29) is 18.6 Å². The van der Waals surface area contributed by atoms with Crippen LogP contribution in [0.5, 0.6) is 0 Å². The summed E-state index contributed by atoms with van der Waals surface area (Å²) in [7, 11) is 0. The Kier molecular flexibility index (Phi) is 4.36. The van der Waals surface area contributed by atoms with Crippen LogP contribution in [0.2, 0.25) is 0 Å². The van der Waals surface area contributed by atoms with Gasteiger partial charge in [-0.3, -0.25) is 4.79 Å². The van der Waals surface area contributed by atoms with Crippen molar-refractivity contribution in [1.82, 2.24) is 15.5 Å². The number of carbonyl (C=O) groups is 1. The molecule has 0 aromatic heterocycles. The van der Waals surface area contributed by atoms with Gasteiger partial charge in [0.2, 0.25) is 5.91 Å². The van der Waals surface area contributed by atoms with Gasteiger partial charge in [0.15, 0.2) is 0 Å². The first kappa shape index (κ1) is 12.8. The van der Waals surface area contributed by atoms with Crippen molar-refractivity contribution in [2.45, 2.75) is 31.8 Å². The molecule has 3 unspecified atom stereocenters. The van der Waals surface area contributed by atoms with Crippen LogP contribution in [0.1, 0.15) is 19.8 Å². The van der Waals surface area contributed by atoms with Crippen LogP contribution in [0, 0.1) is 5.92 Å². The number of nitrogens with one attached hydrogen (secondary N) is 2. The predicted molar refractivity (Wildman–Crippen MR) is 65.6 cm³/mol. The largest absolute Gasteiger partial charge is 0.396 e. The van der Waals surface area contributed by atoms with E-state index in [0.717, 1.165) is 39.0 Å². The maximum atomic E-state index is 12.2. The average molecular weight is 241 g/mol. The smallest absolute Gasteiger partial charge is 0.241 e. The second-order valence-electron chi connectivity index (χ2n) is 5.22. The molecule has 5 nitrogen and oxygen atoms in total. The average Bonchev–Trinajstić information content (AvgIpc) is 2.78. The Bertz CT molecular complexity index is 264. The summed E-state index contributed by atoms with van der Waals surface area (Å²) in [6.45, 7) is 5.57. The summed E-state index contributed by atoms with van der Waals surface area (Å²) in [5.41, 5.74) is 0. The lowest BCUT2D eigenvalue weighted by atomic mass is 10.1. The molecule has 0 spiro atoms. The number of carbonyl (C=O) groups excluding carboxylic acids is 1. The molecule has 3 atom stereocenters. The van der Waals surface area contributed by atoms with Crippen molar-refractivity contribution >= 4 is 5.91 Å². The van der Waals surface area contributed by atoms with E-state index in [4.69, 9.17) is 5.11 Å². The van der Waals surface area contributed by atoms with E-state index in [1.165, 1.54) is 0 Å². The van der Waals surface area contributed by atoms with Crippen LogP contribution in [0.4, 0.5) is 0 Å². The van der Waals surface area contributed by atoms with Crippen LogP contribution in [-0.2, 0) is 4.79 Å². The lowest BCUT2D eigenvalue weighted by molar-refractivity contribution is -0.132. The van der Waals surface area contributed by atoms with Gasteiger partial charge in [-0.15, -0.1) is 0 Å². The van der Waals surface area contributed by atoms with Crippen molar-refractivity contribution in [3.8, 4) is 0 Å². The third-order valence-corrected chi connectivity index (χ3v) is 3.77. The highest BCUT2D eigenvalue weighted by atomic mass is 16.3. The Hall–Kier alpha value is -0.650. The van der Waals surface area contributed by atoms with Gasteiger partial charge in [-0.1, -0.05) is 0 Å². The van der Waals surface area contributed by atoms with Gasteiger partial charge in [-0.2, -0.15) is 0 Å². The van der Waals surface area contributed by atoms with Crippen molar-refractivity contribution in [2.75, 3.05) is 32.8 Å². The maximum Gasteiger partial charge on any atom is 0.241 e. The van der Waals surface area contributed by atoms with Crippen LogP contribution in [0.15, 0.2) is 0 Å². The second kappa shape index (κ2) is 5.80. The van der Waals surface area contributed by atoms with Crippen LogP contribution >= 0.6 is 0 Å². The quantitative estimate of drug-likeness (QED) is 0.603. The fourth-order valence-corrected chi connectivity index (χ4v) is 2.63. The highest BCUT2D eigenvalue weighted by molar-refractivity contribution is 5.82. The normalized spacial score (nSPS) is 34.0. The Morgan fingerprint density at radius 2 is 2.24 bits per heavy atom. The minimum absolute atomic E-state index is 0.0703. The zero-order valence-corrected chi connectivity index (χ0v) is 10.5. The molecule has 0 aromatic rings. The molecule has 0 aliphatic carbocycles. The molecule has 1 amide bonds. The molecule has 2 aliphatic rings. The molecule has 5 heteroatoms. The van der Waals surface area contributed by atoms with Crippen LogP contribution in [-0.4, -0.2) is 60.8 Å². The number of nitrogens with zero attached hydrogens (tertiary/aromatic N) is 1. The van der Waals surface area contributed by atoms with Gasteiger partial charge in [-0.25, -0.2) is 0 Å². The van der Waals surface area contributed by atoms with Crippen molar-refractivity contribution in [2.24, 2.45) is 5.92 Å². The van der Waals surface area contributed by atoms with Gasteiger partial charge in [-0.05, 0) is 25.7 Å². The number of rotatable bonds is 3. The summed E-state index contributed by atoms with van der Waals surface area (Å²) in [5, 5.41) is 15.5. The van der Waals surface area contributed by atoms with E-state index in [0.29, 0.717) is 12.0 Å². The fourth-order valence-electron chi connectivity index (χ4n) is 2.63. The number of piperazine rings is 1. The predicted octanol–water partition coefficient (Wildman–Crippen LogP) is -0.833. The van der Waals surface area contributed by atoms with Crippen molar-refractivity contribution < 1.29 is 9.90 Å². The van der Waals surface area contributed by atoms with E-state index in [1.807, 2.05) is 4.90 Å². The minimum atomic E-state index is -0.0703. The lowest BCUT2D eigenvalue weighted by Crippen LogP contribution is -2.59. The number of likely N-dealkylation sites (tertiary alicyclic amines) is 1. The summed E-state index contributed by atoms with van der Waals surface area (Å²) in [5.74, 6) is 0.698. The van der Waals surface area contributed by atoms with E-state index in [2.05, 4.69) is 17.6 Å². The molecule has 3 N–H and O–H groups in total. The summed E-state index contributed by atoms with van der Waals surface area (Å²) in [6, 6.07) is 0.374. The molecule has 0 saturated carbocycles. The summed E-state index contributed by atoms with van der Waals surface area (Å²) in [6.07, 6.45) is 1.85. The molecule has 2 aliphatic heterocycles. The van der Waals surface area contributed by atoms with Crippen molar-refractivity contribution in [3.63, 3.8) is 0 Å². The van der Waals surface area contributed by atoms with Gasteiger partial charge in [0.05, 0.1) is 6.04 Å². The Labute approximate surface area is 103 Å². The Morgan fingerprint density at radius 3 is 2.88 bits per heavy atom. The molecular weight excluding hydrogens is 218 g/mol. The van der Waals surface area contributed by atoms with E-state index in [1.54, 1.807) is 0 Å². The zero-order chi connectivity index (χ0) is 12.3. The van der Waals surface area contributed by atoms with Crippen LogP contribution < -0.4 is 10.6 Å². The summed E-state index contributed by atoms with van der Waals surface area (Å²) < 4.78 is 0. The zero-order valence-electron chi connectivity index (χ0n) is 10.5. The van der Waals surface area contributed by atoms with Crippen LogP contribution in [0.3, 0.4) is 0 Å². The van der Waals surface area contributed by atoms with E-state index < -0.39 is 0 Å². The fraction of sp³-hybridized carbons (Fsp3) is 0.917. The van der Waals surface area contributed by atoms with E-state index >= 15 is 0 Å². The third-order valence-electron chi connectivity index (χ3n) is 3.77. The molecule has 98 valence electrons. The van der Waals surface area contributed by atoms with E-state index in [9.17, 15) is 4.79 Å². The molecule has 0 radical (unpaired) electrons. The SMILES string of the molecule is CC1CNC(C(=O)N2CCC(CCO)C2)CN1. The number of hydrogen-bond donors (Lipinski definition) is 3. The van der Waals surface area contributed by atoms with Gasteiger partial charge >= 0.3 is 0 Å². The van der Waals surface area contributed by atoms with Gasteiger partial charge < -0.3 is 20.6 Å². The van der Waals surface area contributed by atoms with Crippen molar-refractivity contribution in [3.05, 3.63) is 0 Å². The summed E-state index contributed by atoms with van der Waals surface area (Å²) in [4.78, 5) is 14.2. The van der Waals surface area contributed by atoms with Gasteiger partial charge in [0.1, 0.15) is 0 Å². The lowest BCUT2D eigenvalue weighted by Gasteiger charge is -2.31. The Balaban J connectivity index is 1.80. The monoisotopic (exact) mass is 241 g/mol. The number of aliphatic hydroxyl groups is 1. The van der Waals surface area contributed by atoms with Gasteiger partial charge in [0, 0.05) is 38.8 Å². The number of amides is 1. The van der Waals surface area contributed by atoms with Crippen molar-refractivity contribution in [1.29, 1.82) is 0 Å². The number of aliphatic hydroxyl groups excluding tert-OH is 1. The molecule has 0 aromatic carbocycles. The molecule has 2 rings (SSSR count). The topological polar surface area (TPSA) is 64.6 Å². The van der Waals surface area contributed by atoms with Crippen LogP contribution in [0.25, 0.3) is 0 Å². The molecule has 17 heavy (non-hydrogen) atoms. The highest BCUT2D eigenvalue weighted by Crippen LogP contribution is 2.19. The molecule has 0 bridgehead atoms. The molecule has 2 heterocycles. The minimum Gasteiger partial charge on any atom is -0.396 e. The highest BCUT2D eigenvalue weighted by Gasteiger charge is 2.31. The maximum absolute atomic E-state index is 12.2. The molecule has 2 fully saturated rings. The molecule has 2 saturated heterocycles. The standard InChI is InChI=1S/C12H23N3O2/c1-9-6-14-11(7-13-9)12(17)15-4-2-10(8-15)3-5-16/h9-11,13-14,16H,2-8H2,1H3. The first-order valence-electron chi connectivity index (χ1n) is 6.57. The Morgan fingerprint density at radius 1 is 1.41 bits per heavy atom. The first-order valence-corrected chi connectivity index (χ1v) is 6.57. The number of hydrogen-bond acceptors (Lipinski definition) is 4. The second-order valence-corrected chi connectivity index (χ2v) is 5.22. The third kappa shape index (κ3) is 3.18.